The molecular formula is C20H25N3O4. The predicted molar refractivity (Wildman–Crippen MR) is 104 cm³/mol. The lowest BCUT2D eigenvalue weighted by Crippen LogP contribution is -2.36. The molecule has 7 nitrogen and oxygen atoms in total. The van der Waals surface area contributed by atoms with Crippen molar-refractivity contribution in [3.8, 4) is 0 Å². The van der Waals surface area contributed by atoms with E-state index in [0.29, 0.717) is 23.9 Å². The van der Waals surface area contributed by atoms with Gasteiger partial charge < -0.3 is 19.8 Å². The minimum absolute atomic E-state index is 0.0415. The number of hydrogen-bond acceptors (Lipinski definition) is 5. The largest absolute Gasteiger partial charge is 0.421 e. The number of carbonyl (C=O) groups is 1. The van der Waals surface area contributed by atoms with Crippen LogP contribution >= 0.6 is 0 Å². The lowest BCUT2D eigenvalue weighted by atomic mass is 10.1. The Morgan fingerprint density at radius 3 is 2.67 bits per heavy atom. The molecule has 1 aromatic carbocycles. The summed E-state index contributed by atoms with van der Waals surface area (Å²) in [6.45, 7) is 1.16. The van der Waals surface area contributed by atoms with E-state index >= 15 is 0 Å². The van der Waals surface area contributed by atoms with E-state index in [-0.39, 0.29) is 11.8 Å². The highest BCUT2D eigenvalue weighted by Gasteiger charge is 2.22. The zero-order valence-corrected chi connectivity index (χ0v) is 15.3. The maximum Gasteiger partial charge on any atom is 0.362 e. The lowest BCUT2D eigenvalue weighted by molar-refractivity contribution is 0.112. The van der Waals surface area contributed by atoms with E-state index in [1.807, 2.05) is 18.2 Å². The van der Waals surface area contributed by atoms with Crippen LogP contribution < -0.4 is 21.6 Å². The molecule has 1 saturated carbocycles. The molecule has 1 aliphatic heterocycles. The van der Waals surface area contributed by atoms with Crippen molar-refractivity contribution in [1.29, 1.82) is 0 Å². The van der Waals surface area contributed by atoms with E-state index in [1.165, 1.54) is 12.8 Å². The van der Waals surface area contributed by atoms with E-state index in [1.54, 1.807) is 6.07 Å². The number of amides is 2. The van der Waals surface area contributed by atoms with Gasteiger partial charge in [-0.15, -0.1) is 0 Å². The molecule has 0 bridgehead atoms. The molecule has 1 atom stereocenters. The number of fused-ring (bicyclic) bond motifs is 1. The summed E-state index contributed by atoms with van der Waals surface area (Å²) in [5.41, 5.74) is 0.751. The molecule has 1 saturated heterocycles. The van der Waals surface area contributed by atoms with E-state index in [4.69, 9.17) is 9.15 Å². The minimum atomic E-state index is -0.554. The average Bonchev–Trinajstić information content (AvgIpc) is 3.36. The standard InChI is InChI=1S/C20H25N3O4/c24-19-18(23-20(25)21-12-14-8-5-11-26-14)17(22-13-6-1-2-7-13)15-9-3-4-10-16(15)27-19/h3-4,9-10,13-14,22H,1-2,5-8,11-12H2,(H2,21,23,25)/t14-/m0/s1. The molecule has 7 heteroatoms. The van der Waals surface area contributed by atoms with Crippen LogP contribution in [0.15, 0.2) is 33.5 Å². The van der Waals surface area contributed by atoms with Gasteiger partial charge in [-0.05, 0) is 37.8 Å². The lowest BCUT2D eigenvalue weighted by Gasteiger charge is -2.19. The Balaban J connectivity index is 1.58. The molecule has 2 fully saturated rings. The van der Waals surface area contributed by atoms with Gasteiger partial charge in [-0.1, -0.05) is 25.0 Å². The first-order valence-electron chi connectivity index (χ1n) is 9.69. The summed E-state index contributed by atoms with van der Waals surface area (Å²) in [6.07, 6.45) is 6.44. The first-order valence-corrected chi connectivity index (χ1v) is 9.69. The Kier molecular flexibility index (Phi) is 5.29. The Labute approximate surface area is 157 Å². The third-order valence-electron chi connectivity index (χ3n) is 5.27. The van der Waals surface area contributed by atoms with Crippen LogP contribution in [0.25, 0.3) is 11.0 Å². The molecule has 1 aliphatic carbocycles. The van der Waals surface area contributed by atoms with Gasteiger partial charge in [0.2, 0.25) is 0 Å². The Morgan fingerprint density at radius 2 is 1.89 bits per heavy atom. The first kappa shape index (κ1) is 17.9. The van der Waals surface area contributed by atoms with Gasteiger partial charge in [-0.3, -0.25) is 5.32 Å². The topological polar surface area (TPSA) is 92.6 Å². The third kappa shape index (κ3) is 4.08. The van der Waals surface area contributed by atoms with Crippen molar-refractivity contribution in [1.82, 2.24) is 5.32 Å². The highest BCUT2D eigenvalue weighted by molar-refractivity contribution is 6.01. The van der Waals surface area contributed by atoms with Gasteiger partial charge in [-0.25, -0.2) is 9.59 Å². The number of nitrogens with one attached hydrogen (secondary N) is 3. The monoisotopic (exact) mass is 371 g/mol. The van der Waals surface area contributed by atoms with Crippen LogP contribution in [0.2, 0.25) is 0 Å². The molecule has 27 heavy (non-hydrogen) atoms. The molecular weight excluding hydrogens is 346 g/mol. The van der Waals surface area contributed by atoms with E-state index in [9.17, 15) is 9.59 Å². The molecule has 1 aromatic heterocycles. The van der Waals surface area contributed by atoms with Crippen LogP contribution in [0.1, 0.15) is 38.5 Å². The zero-order chi connectivity index (χ0) is 18.6. The Hall–Kier alpha value is -2.54. The van der Waals surface area contributed by atoms with Gasteiger partial charge in [-0.2, -0.15) is 0 Å². The van der Waals surface area contributed by atoms with E-state index < -0.39 is 11.7 Å². The fourth-order valence-electron chi connectivity index (χ4n) is 3.86. The highest BCUT2D eigenvalue weighted by atomic mass is 16.5. The van der Waals surface area contributed by atoms with E-state index in [2.05, 4.69) is 16.0 Å². The van der Waals surface area contributed by atoms with E-state index in [0.717, 1.165) is 37.7 Å². The molecule has 2 aliphatic rings. The van der Waals surface area contributed by atoms with Crippen molar-refractivity contribution in [2.24, 2.45) is 0 Å². The van der Waals surface area contributed by atoms with Crippen LogP contribution in [0.3, 0.4) is 0 Å². The average molecular weight is 371 g/mol. The SMILES string of the molecule is O=C(NC[C@@H]1CCCO1)Nc1c(NC2CCCC2)c2ccccc2oc1=O. The number of carbonyl (C=O) groups excluding carboxylic acids is 1. The summed E-state index contributed by atoms with van der Waals surface area (Å²) in [6, 6.07) is 7.24. The van der Waals surface area contributed by atoms with Crippen molar-refractivity contribution in [3.63, 3.8) is 0 Å². The van der Waals surface area contributed by atoms with Crippen LogP contribution in [0.5, 0.6) is 0 Å². The number of urea groups is 1. The first-order chi connectivity index (χ1) is 13.2. The Bertz CT molecular complexity index is 867. The van der Waals surface area contributed by atoms with Crippen LogP contribution in [0.4, 0.5) is 16.2 Å². The summed E-state index contributed by atoms with van der Waals surface area (Å²) in [4.78, 5) is 24.9. The number of anilines is 2. The van der Waals surface area contributed by atoms with Crippen LogP contribution in [-0.4, -0.2) is 31.3 Å². The number of para-hydroxylation sites is 1. The summed E-state index contributed by atoms with van der Waals surface area (Å²) in [5.74, 6) is 0. The normalized spacial score (nSPS) is 20.1. The smallest absolute Gasteiger partial charge is 0.362 e. The van der Waals surface area contributed by atoms with Crippen molar-refractivity contribution in [2.75, 3.05) is 23.8 Å². The quantitative estimate of drug-likeness (QED) is 0.700. The second-order valence-electron chi connectivity index (χ2n) is 7.23. The minimum Gasteiger partial charge on any atom is -0.421 e. The van der Waals surface area contributed by atoms with Crippen molar-refractivity contribution in [3.05, 3.63) is 34.7 Å². The third-order valence-corrected chi connectivity index (χ3v) is 5.27. The molecule has 2 amide bonds. The maximum absolute atomic E-state index is 12.5. The van der Waals surface area contributed by atoms with Gasteiger partial charge in [0, 0.05) is 24.6 Å². The van der Waals surface area contributed by atoms with Crippen molar-refractivity contribution in [2.45, 2.75) is 50.7 Å². The van der Waals surface area contributed by atoms with Gasteiger partial charge in [0.1, 0.15) is 5.58 Å². The molecule has 3 N–H and O–H groups in total. The highest BCUT2D eigenvalue weighted by Crippen LogP contribution is 2.32. The number of hydrogen-bond donors (Lipinski definition) is 3. The molecule has 0 spiro atoms. The zero-order valence-electron chi connectivity index (χ0n) is 15.3. The summed E-state index contributed by atoms with van der Waals surface area (Å²) >= 11 is 0. The fraction of sp³-hybridized carbons (Fsp3) is 0.500. The molecule has 0 radical (unpaired) electrons. The van der Waals surface area contributed by atoms with Crippen LogP contribution in [0, 0.1) is 0 Å². The molecule has 144 valence electrons. The van der Waals surface area contributed by atoms with Gasteiger partial charge in [0.15, 0.2) is 5.69 Å². The maximum atomic E-state index is 12.5. The Morgan fingerprint density at radius 1 is 1.07 bits per heavy atom. The number of benzene rings is 1. The van der Waals surface area contributed by atoms with Gasteiger partial charge in [0.05, 0.1) is 11.8 Å². The number of rotatable bonds is 5. The second kappa shape index (κ2) is 8.00. The van der Waals surface area contributed by atoms with Crippen molar-refractivity contribution < 1.29 is 13.9 Å². The fourth-order valence-corrected chi connectivity index (χ4v) is 3.86. The second-order valence-corrected chi connectivity index (χ2v) is 7.23. The summed E-state index contributed by atoms with van der Waals surface area (Å²) in [7, 11) is 0. The predicted octanol–water partition coefficient (Wildman–Crippen LogP) is 3.45. The van der Waals surface area contributed by atoms with Gasteiger partial charge in [0.25, 0.3) is 0 Å². The van der Waals surface area contributed by atoms with Gasteiger partial charge >= 0.3 is 11.7 Å². The summed E-state index contributed by atoms with van der Waals surface area (Å²) in [5, 5.41) is 9.74. The van der Waals surface area contributed by atoms with Crippen LogP contribution in [-0.2, 0) is 4.74 Å². The molecule has 0 unspecified atom stereocenters. The van der Waals surface area contributed by atoms with Crippen molar-refractivity contribution >= 4 is 28.4 Å². The summed E-state index contributed by atoms with van der Waals surface area (Å²) < 4.78 is 10.9. The number of ether oxygens (including phenoxy) is 1. The molecule has 2 aromatic rings. The molecule has 2 heterocycles. The molecule has 4 rings (SSSR count).